The third-order valence-corrected chi connectivity index (χ3v) is 5.05. The highest BCUT2D eigenvalue weighted by molar-refractivity contribution is 7.98. The molecule has 2 aromatic rings. The molecule has 142 valence electrons. The number of ether oxygens (including phenoxy) is 2. The lowest BCUT2D eigenvalue weighted by Crippen LogP contribution is -2.35. The van der Waals surface area contributed by atoms with E-state index in [-0.39, 0.29) is 25.2 Å². The molecule has 1 aliphatic rings. The fourth-order valence-electron chi connectivity index (χ4n) is 2.78. The summed E-state index contributed by atoms with van der Waals surface area (Å²) in [5, 5.41) is 2.87. The molecular formula is C20H22N2O4S. The highest BCUT2D eigenvalue weighted by Crippen LogP contribution is 2.32. The summed E-state index contributed by atoms with van der Waals surface area (Å²) in [6.07, 6.45) is 2.86. The Morgan fingerprint density at radius 2 is 1.93 bits per heavy atom. The maximum Gasteiger partial charge on any atom is 0.244 e. The predicted octanol–water partition coefficient (Wildman–Crippen LogP) is 3.17. The van der Waals surface area contributed by atoms with E-state index < -0.39 is 0 Å². The minimum atomic E-state index is -0.213. The molecule has 2 amide bonds. The van der Waals surface area contributed by atoms with Crippen LogP contribution in [0.15, 0.2) is 47.4 Å². The van der Waals surface area contributed by atoms with Gasteiger partial charge in [0.1, 0.15) is 0 Å². The van der Waals surface area contributed by atoms with Gasteiger partial charge in [-0.25, -0.2) is 0 Å². The van der Waals surface area contributed by atoms with Crippen molar-refractivity contribution in [1.29, 1.82) is 0 Å². The number of anilines is 1. The standard InChI is InChI=1S/C20H22N2O4S/c1-22(12-19(23)21-15-5-3-4-6-18(15)27-2)20(24)10-8-14-7-9-16-17(11-14)26-13-25-16/h3-7,9,11H,8,10,12-13H2,1-2H3,(H,21,23). The van der Waals surface area contributed by atoms with Gasteiger partial charge in [-0.3, -0.25) is 9.59 Å². The second-order valence-electron chi connectivity index (χ2n) is 6.19. The van der Waals surface area contributed by atoms with Crippen molar-refractivity contribution in [3.8, 4) is 11.5 Å². The largest absolute Gasteiger partial charge is 0.454 e. The van der Waals surface area contributed by atoms with Gasteiger partial charge in [-0.2, -0.15) is 0 Å². The first kappa shape index (κ1) is 19.1. The van der Waals surface area contributed by atoms with Crippen molar-refractivity contribution >= 4 is 29.3 Å². The number of carbonyl (C=O) groups is 2. The Morgan fingerprint density at radius 3 is 2.74 bits per heavy atom. The van der Waals surface area contributed by atoms with E-state index in [4.69, 9.17) is 9.47 Å². The molecule has 1 aliphatic heterocycles. The molecule has 7 heteroatoms. The Morgan fingerprint density at radius 1 is 1.15 bits per heavy atom. The quantitative estimate of drug-likeness (QED) is 0.741. The highest BCUT2D eigenvalue weighted by Gasteiger charge is 2.16. The first-order chi connectivity index (χ1) is 13.1. The molecule has 0 atom stereocenters. The van der Waals surface area contributed by atoms with Crippen molar-refractivity contribution in [2.24, 2.45) is 0 Å². The topological polar surface area (TPSA) is 67.9 Å². The Balaban J connectivity index is 1.49. The van der Waals surface area contributed by atoms with Crippen LogP contribution in [0.5, 0.6) is 11.5 Å². The summed E-state index contributed by atoms with van der Waals surface area (Å²) in [7, 11) is 1.64. The number of aryl methyl sites for hydroxylation is 1. The lowest BCUT2D eigenvalue weighted by Gasteiger charge is -2.17. The van der Waals surface area contributed by atoms with Gasteiger partial charge in [-0.1, -0.05) is 18.2 Å². The molecule has 1 N–H and O–H groups in total. The number of carbonyl (C=O) groups excluding carboxylic acids is 2. The zero-order chi connectivity index (χ0) is 19.2. The van der Waals surface area contributed by atoms with Crippen LogP contribution >= 0.6 is 11.8 Å². The summed E-state index contributed by atoms with van der Waals surface area (Å²) in [6, 6.07) is 13.3. The summed E-state index contributed by atoms with van der Waals surface area (Å²) in [5.41, 5.74) is 1.76. The van der Waals surface area contributed by atoms with E-state index in [1.54, 1.807) is 18.8 Å². The number of fused-ring (bicyclic) bond motifs is 1. The van der Waals surface area contributed by atoms with Crippen molar-refractivity contribution < 1.29 is 19.1 Å². The van der Waals surface area contributed by atoms with Gasteiger partial charge < -0.3 is 19.7 Å². The molecule has 0 spiro atoms. The van der Waals surface area contributed by atoms with Crippen LogP contribution < -0.4 is 14.8 Å². The first-order valence-electron chi connectivity index (χ1n) is 8.62. The molecule has 0 bridgehead atoms. The number of nitrogens with one attached hydrogen (secondary N) is 1. The second kappa shape index (κ2) is 8.81. The van der Waals surface area contributed by atoms with E-state index in [0.717, 1.165) is 21.9 Å². The van der Waals surface area contributed by atoms with E-state index in [9.17, 15) is 9.59 Å². The van der Waals surface area contributed by atoms with E-state index in [0.29, 0.717) is 18.6 Å². The van der Waals surface area contributed by atoms with Crippen LogP contribution in [0.2, 0.25) is 0 Å². The average Bonchev–Trinajstić information content (AvgIpc) is 3.14. The summed E-state index contributed by atoms with van der Waals surface area (Å²) < 4.78 is 10.6. The van der Waals surface area contributed by atoms with Gasteiger partial charge in [0.05, 0.1) is 12.2 Å². The Labute approximate surface area is 162 Å². The molecule has 3 rings (SSSR count). The number of benzene rings is 2. The van der Waals surface area contributed by atoms with Gasteiger partial charge in [0.25, 0.3) is 0 Å². The lowest BCUT2D eigenvalue weighted by atomic mass is 10.1. The number of hydrogen-bond donors (Lipinski definition) is 1. The molecular weight excluding hydrogens is 364 g/mol. The summed E-state index contributed by atoms with van der Waals surface area (Å²) >= 11 is 1.56. The van der Waals surface area contributed by atoms with Crippen LogP contribution in [0.4, 0.5) is 5.69 Å². The van der Waals surface area contributed by atoms with Crippen molar-refractivity contribution in [2.45, 2.75) is 17.7 Å². The van der Waals surface area contributed by atoms with Crippen LogP contribution in [0.3, 0.4) is 0 Å². The van der Waals surface area contributed by atoms with Crippen LogP contribution in [-0.2, 0) is 16.0 Å². The van der Waals surface area contributed by atoms with Gasteiger partial charge in [-0.15, -0.1) is 11.8 Å². The number of thioether (sulfide) groups is 1. The average molecular weight is 386 g/mol. The third-order valence-electron chi connectivity index (χ3n) is 4.25. The maximum atomic E-state index is 12.3. The minimum absolute atomic E-state index is 0.0166. The molecule has 0 unspecified atom stereocenters. The zero-order valence-electron chi connectivity index (χ0n) is 15.4. The molecule has 27 heavy (non-hydrogen) atoms. The molecule has 0 fully saturated rings. The van der Waals surface area contributed by atoms with E-state index in [1.165, 1.54) is 4.90 Å². The van der Waals surface area contributed by atoms with Crippen LogP contribution in [-0.4, -0.2) is 43.4 Å². The van der Waals surface area contributed by atoms with Crippen molar-refractivity contribution in [3.63, 3.8) is 0 Å². The highest BCUT2D eigenvalue weighted by atomic mass is 32.2. The number of para-hydroxylation sites is 1. The minimum Gasteiger partial charge on any atom is -0.454 e. The smallest absolute Gasteiger partial charge is 0.244 e. The molecule has 6 nitrogen and oxygen atoms in total. The summed E-state index contributed by atoms with van der Waals surface area (Å²) in [6.45, 7) is 0.248. The third kappa shape index (κ3) is 4.95. The van der Waals surface area contributed by atoms with E-state index in [2.05, 4.69) is 5.32 Å². The van der Waals surface area contributed by atoms with Crippen LogP contribution in [0.25, 0.3) is 0 Å². The van der Waals surface area contributed by atoms with Gasteiger partial charge in [-0.05, 0) is 42.5 Å². The summed E-state index contributed by atoms with van der Waals surface area (Å²) in [4.78, 5) is 27.0. The fourth-order valence-corrected chi connectivity index (χ4v) is 3.33. The molecule has 0 aliphatic carbocycles. The molecule has 0 saturated heterocycles. The Hall–Kier alpha value is -2.67. The van der Waals surface area contributed by atoms with Gasteiger partial charge in [0.15, 0.2) is 11.5 Å². The molecule has 1 heterocycles. The van der Waals surface area contributed by atoms with Crippen molar-refractivity contribution in [3.05, 3.63) is 48.0 Å². The van der Waals surface area contributed by atoms with Gasteiger partial charge >= 0.3 is 0 Å². The van der Waals surface area contributed by atoms with Crippen molar-refractivity contribution in [1.82, 2.24) is 4.90 Å². The zero-order valence-corrected chi connectivity index (χ0v) is 16.2. The number of hydrogen-bond acceptors (Lipinski definition) is 5. The molecule has 0 aromatic heterocycles. The van der Waals surface area contributed by atoms with Gasteiger partial charge in [0.2, 0.25) is 18.6 Å². The maximum absolute atomic E-state index is 12.3. The predicted molar refractivity (Wildman–Crippen MR) is 105 cm³/mol. The SMILES string of the molecule is CSc1ccccc1NC(=O)CN(C)C(=O)CCc1ccc2c(c1)OCO2. The Bertz CT molecular complexity index is 840. The molecule has 0 saturated carbocycles. The first-order valence-corrected chi connectivity index (χ1v) is 9.84. The van der Waals surface area contributed by atoms with E-state index in [1.807, 2.05) is 48.7 Å². The number of likely N-dealkylation sites (N-methyl/N-ethyl adjacent to an activating group) is 1. The Kier molecular flexibility index (Phi) is 6.24. The monoisotopic (exact) mass is 386 g/mol. The molecule has 2 aromatic carbocycles. The van der Waals surface area contributed by atoms with Crippen LogP contribution in [0, 0.1) is 0 Å². The summed E-state index contributed by atoms with van der Waals surface area (Å²) in [5.74, 6) is 1.14. The number of amides is 2. The second-order valence-corrected chi connectivity index (χ2v) is 7.03. The van der Waals surface area contributed by atoms with E-state index >= 15 is 0 Å². The van der Waals surface area contributed by atoms with Crippen LogP contribution in [0.1, 0.15) is 12.0 Å². The fraction of sp³-hybridized carbons (Fsp3) is 0.300. The van der Waals surface area contributed by atoms with Gasteiger partial charge in [0, 0.05) is 18.4 Å². The number of nitrogens with zero attached hydrogens (tertiary/aromatic N) is 1. The molecule has 0 radical (unpaired) electrons. The number of rotatable bonds is 7. The van der Waals surface area contributed by atoms with Crippen molar-refractivity contribution in [2.75, 3.05) is 32.0 Å². The lowest BCUT2D eigenvalue weighted by molar-refractivity contribution is -0.133. The normalized spacial score (nSPS) is 11.9.